The number of hydrogen-bond donors (Lipinski definition) is 0. The van der Waals surface area contributed by atoms with Gasteiger partial charge in [-0.15, -0.1) is 0 Å². The quantitative estimate of drug-likeness (QED) is 0.356. The second kappa shape index (κ2) is 9.15. The molecule has 34 heavy (non-hydrogen) atoms. The molecule has 0 aliphatic rings. The van der Waals surface area contributed by atoms with Crippen LogP contribution < -0.4 is 11.2 Å². The van der Waals surface area contributed by atoms with Crippen LogP contribution in [0.15, 0.2) is 101 Å². The van der Waals surface area contributed by atoms with E-state index in [1.54, 1.807) is 30.6 Å². The zero-order valence-electron chi connectivity index (χ0n) is 18.6. The summed E-state index contributed by atoms with van der Waals surface area (Å²) in [5.74, 6) is 0. The maximum atomic E-state index is 13.7. The van der Waals surface area contributed by atoms with Crippen LogP contribution >= 0.6 is 11.6 Å². The number of aromatic nitrogens is 4. The Morgan fingerprint density at radius 3 is 2.21 bits per heavy atom. The van der Waals surface area contributed by atoms with Gasteiger partial charge in [-0.05, 0) is 48.7 Å². The van der Waals surface area contributed by atoms with Crippen LogP contribution in [-0.4, -0.2) is 18.7 Å². The van der Waals surface area contributed by atoms with Crippen molar-refractivity contribution in [2.45, 2.75) is 25.9 Å². The minimum absolute atomic E-state index is 0.141. The number of rotatable bonds is 6. The zero-order chi connectivity index (χ0) is 23.7. The Hall–Kier alpha value is -3.90. The molecule has 5 rings (SSSR count). The Labute approximate surface area is 201 Å². The summed E-state index contributed by atoms with van der Waals surface area (Å²) in [5.41, 5.74) is 2.65. The van der Waals surface area contributed by atoms with Crippen molar-refractivity contribution in [3.8, 4) is 5.69 Å². The summed E-state index contributed by atoms with van der Waals surface area (Å²) in [5, 5.41) is 0.564. The molecule has 0 saturated heterocycles. The lowest BCUT2D eigenvalue weighted by molar-refractivity contribution is 0.606. The zero-order valence-corrected chi connectivity index (χ0v) is 19.4. The summed E-state index contributed by atoms with van der Waals surface area (Å²) in [7, 11) is 0. The van der Waals surface area contributed by atoms with Crippen LogP contribution in [0.2, 0.25) is 5.02 Å². The summed E-state index contributed by atoms with van der Waals surface area (Å²) in [6.07, 6.45) is 2.20. The van der Waals surface area contributed by atoms with Crippen molar-refractivity contribution in [3.63, 3.8) is 0 Å². The number of benzene rings is 3. The van der Waals surface area contributed by atoms with Crippen molar-refractivity contribution in [2.24, 2.45) is 0 Å². The Bertz CT molecular complexity index is 1550. The molecule has 1 atom stereocenters. The van der Waals surface area contributed by atoms with Crippen molar-refractivity contribution in [3.05, 3.63) is 128 Å². The molecule has 2 heterocycles. The fourth-order valence-corrected chi connectivity index (χ4v) is 4.36. The highest BCUT2D eigenvalue weighted by Crippen LogP contribution is 2.22. The molecule has 2 aromatic heterocycles. The molecule has 0 saturated carbocycles. The van der Waals surface area contributed by atoms with E-state index in [2.05, 4.69) is 4.98 Å². The smallest absolute Gasteiger partial charge is 0.317 e. The summed E-state index contributed by atoms with van der Waals surface area (Å²) >= 11 is 6.08. The molecule has 6 nitrogen and oxygen atoms in total. The third-order valence-electron chi connectivity index (χ3n) is 6.11. The number of nitrogens with zero attached hydrogens (tertiary/aromatic N) is 4. The summed E-state index contributed by atoms with van der Waals surface area (Å²) in [6.45, 7) is 2.28. The standard InChI is InChI=1S/C27H23ClN4O2/c1-19(21-10-6-3-7-11-21)31-18-29-25-24(31)26(33)30(17-16-20-8-4-2-5-9-20)27(34)32(25)23-14-12-22(28)13-15-23/h2-15,18-19H,16-17H2,1H3/t19-/m1/s1. The van der Waals surface area contributed by atoms with Gasteiger partial charge in [0.1, 0.15) is 0 Å². The van der Waals surface area contributed by atoms with Crippen molar-refractivity contribution in [1.82, 2.24) is 18.7 Å². The van der Waals surface area contributed by atoms with E-state index in [0.29, 0.717) is 28.3 Å². The van der Waals surface area contributed by atoms with Gasteiger partial charge in [-0.1, -0.05) is 72.3 Å². The molecular weight excluding hydrogens is 448 g/mol. The van der Waals surface area contributed by atoms with E-state index in [1.165, 1.54) is 9.13 Å². The monoisotopic (exact) mass is 470 g/mol. The summed E-state index contributed by atoms with van der Waals surface area (Å²) < 4.78 is 4.64. The lowest BCUT2D eigenvalue weighted by Gasteiger charge is -2.16. The van der Waals surface area contributed by atoms with Gasteiger partial charge in [0.2, 0.25) is 0 Å². The van der Waals surface area contributed by atoms with E-state index in [-0.39, 0.29) is 18.1 Å². The average Bonchev–Trinajstić information content (AvgIpc) is 3.31. The maximum Gasteiger partial charge on any atom is 0.337 e. The molecule has 5 aromatic rings. The van der Waals surface area contributed by atoms with Crippen LogP contribution in [0, 0.1) is 0 Å². The summed E-state index contributed by atoms with van der Waals surface area (Å²) in [4.78, 5) is 31.8. The molecule has 0 N–H and O–H groups in total. The van der Waals surface area contributed by atoms with Crippen LogP contribution in [0.1, 0.15) is 24.1 Å². The molecule has 3 aromatic carbocycles. The molecule has 0 unspecified atom stereocenters. The number of imidazole rings is 1. The van der Waals surface area contributed by atoms with Crippen LogP contribution in [-0.2, 0) is 13.0 Å². The van der Waals surface area contributed by atoms with Gasteiger partial charge in [0.25, 0.3) is 5.56 Å². The molecule has 0 spiro atoms. The van der Waals surface area contributed by atoms with Crippen molar-refractivity contribution in [2.75, 3.05) is 0 Å². The van der Waals surface area contributed by atoms with Crippen molar-refractivity contribution >= 4 is 22.8 Å². The Morgan fingerprint density at radius 2 is 1.53 bits per heavy atom. The molecule has 0 fully saturated rings. The van der Waals surface area contributed by atoms with Gasteiger partial charge in [0, 0.05) is 11.6 Å². The normalized spacial score (nSPS) is 12.2. The molecule has 170 valence electrons. The minimum Gasteiger partial charge on any atom is -0.317 e. The lowest BCUT2D eigenvalue weighted by Crippen LogP contribution is -2.40. The van der Waals surface area contributed by atoms with Crippen molar-refractivity contribution < 1.29 is 0 Å². The Balaban J connectivity index is 1.73. The van der Waals surface area contributed by atoms with Gasteiger partial charge < -0.3 is 4.57 Å². The first-order valence-electron chi connectivity index (χ1n) is 11.1. The minimum atomic E-state index is -0.423. The highest BCUT2D eigenvalue weighted by Gasteiger charge is 2.21. The molecule has 7 heteroatoms. The van der Waals surface area contributed by atoms with E-state index in [9.17, 15) is 9.59 Å². The highest BCUT2D eigenvalue weighted by atomic mass is 35.5. The fourth-order valence-electron chi connectivity index (χ4n) is 4.24. The topological polar surface area (TPSA) is 61.8 Å². The van der Waals surface area contributed by atoms with E-state index in [4.69, 9.17) is 11.6 Å². The van der Waals surface area contributed by atoms with Gasteiger partial charge in [0.15, 0.2) is 11.2 Å². The van der Waals surface area contributed by atoms with Gasteiger partial charge >= 0.3 is 5.69 Å². The third-order valence-corrected chi connectivity index (χ3v) is 6.36. The number of fused-ring (bicyclic) bond motifs is 1. The first kappa shape index (κ1) is 21.9. The maximum absolute atomic E-state index is 13.7. The molecule has 0 bridgehead atoms. The number of hydrogen-bond acceptors (Lipinski definition) is 3. The first-order valence-corrected chi connectivity index (χ1v) is 11.5. The number of aryl methyl sites for hydroxylation is 1. The highest BCUT2D eigenvalue weighted by molar-refractivity contribution is 6.30. The molecule has 0 amide bonds. The van der Waals surface area contributed by atoms with E-state index >= 15 is 0 Å². The largest absolute Gasteiger partial charge is 0.337 e. The van der Waals surface area contributed by atoms with Gasteiger partial charge in [-0.3, -0.25) is 9.36 Å². The second-order valence-corrected chi connectivity index (χ2v) is 8.63. The molecule has 0 radical (unpaired) electrons. The Kier molecular flexibility index (Phi) is 5.90. The van der Waals surface area contributed by atoms with E-state index < -0.39 is 5.69 Å². The van der Waals surface area contributed by atoms with E-state index in [0.717, 1.165) is 11.1 Å². The lowest BCUT2D eigenvalue weighted by atomic mass is 10.1. The average molecular weight is 471 g/mol. The number of halogens is 1. The third kappa shape index (κ3) is 3.97. The predicted octanol–water partition coefficient (Wildman–Crippen LogP) is 4.85. The summed E-state index contributed by atoms with van der Waals surface area (Å²) in [6, 6.07) is 26.5. The molecular formula is C27H23ClN4O2. The molecule has 0 aliphatic carbocycles. The van der Waals surface area contributed by atoms with Gasteiger partial charge in [0.05, 0.1) is 18.1 Å². The Morgan fingerprint density at radius 1 is 0.882 bits per heavy atom. The van der Waals surface area contributed by atoms with Crippen LogP contribution in [0.3, 0.4) is 0 Å². The fraction of sp³-hybridized carbons (Fsp3) is 0.148. The van der Waals surface area contributed by atoms with Crippen LogP contribution in [0.4, 0.5) is 0 Å². The molecule has 0 aliphatic heterocycles. The first-order chi connectivity index (χ1) is 16.5. The van der Waals surface area contributed by atoms with Crippen LogP contribution in [0.5, 0.6) is 0 Å². The van der Waals surface area contributed by atoms with Gasteiger partial charge in [-0.25, -0.2) is 14.3 Å². The SMILES string of the molecule is C[C@H](c1ccccc1)n1cnc2c1c(=O)n(CCc1ccccc1)c(=O)n2-c1ccc(Cl)cc1. The van der Waals surface area contributed by atoms with E-state index in [1.807, 2.05) is 72.2 Å². The second-order valence-electron chi connectivity index (χ2n) is 8.20. The van der Waals surface area contributed by atoms with Crippen LogP contribution in [0.25, 0.3) is 16.9 Å². The van der Waals surface area contributed by atoms with Crippen molar-refractivity contribution in [1.29, 1.82) is 0 Å². The van der Waals surface area contributed by atoms with Gasteiger partial charge in [-0.2, -0.15) is 0 Å². The predicted molar refractivity (Wildman–Crippen MR) is 135 cm³/mol.